The minimum absolute atomic E-state index is 0.220. The molecule has 0 spiro atoms. The predicted octanol–water partition coefficient (Wildman–Crippen LogP) is 0.716. The smallest absolute Gasteiger partial charge is 0.0748 e. The van der Waals surface area contributed by atoms with E-state index in [0.717, 1.165) is 6.42 Å². The van der Waals surface area contributed by atoms with Crippen molar-refractivity contribution in [2.75, 3.05) is 13.2 Å². The van der Waals surface area contributed by atoms with Crippen LogP contribution in [0, 0.1) is 0 Å². The fourth-order valence-corrected chi connectivity index (χ4v) is 1.11. The van der Waals surface area contributed by atoms with Crippen LogP contribution in [0.15, 0.2) is 12.4 Å². The number of ether oxygens (including phenoxy) is 1. The van der Waals surface area contributed by atoms with Crippen LogP contribution in [0.1, 0.15) is 19.4 Å². The summed E-state index contributed by atoms with van der Waals surface area (Å²) >= 11 is 0. The molecule has 4 nitrogen and oxygen atoms in total. The number of nitrogens with zero attached hydrogens (tertiary/aromatic N) is 2. The molecular formula is C10H19N3O. The van der Waals surface area contributed by atoms with Gasteiger partial charge in [0.05, 0.1) is 18.4 Å². The maximum Gasteiger partial charge on any atom is 0.0748 e. The molecule has 4 heteroatoms. The zero-order chi connectivity index (χ0) is 10.6. The lowest BCUT2D eigenvalue weighted by molar-refractivity contribution is -0.00854. The number of hydrogen-bond donors (Lipinski definition) is 1. The molecule has 0 atom stereocenters. The van der Waals surface area contributed by atoms with Gasteiger partial charge in [0.15, 0.2) is 0 Å². The average Bonchev–Trinajstić information content (AvgIpc) is 2.51. The van der Waals surface area contributed by atoms with Gasteiger partial charge in [0.1, 0.15) is 0 Å². The standard InChI is InChI=1S/C10H19N3O/c1-10(2,8-11)14-5-4-9-6-12-13(3)7-9/h6-7H,4-5,8,11H2,1-3H3. The van der Waals surface area contributed by atoms with Crippen molar-refractivity contribution >= 4 is 0 Å². The Hall–Kier alpha value is -0.870. The number of aryl methyl sites for hydroxylation is 1. The summed E-state index contributed by atoms with van der Waals surface area (Å²) in [5, 5.41) is 4.09. The van der Waals surface area contributed by atoms with Gasteiger partial charge >= 0.3 is 0 Å². The van der Waals surface area contributed by atoms with E-state index in [9.17, 15) is 0 Å². The molecule has 1 heterocycles. The molecule has 0 unspecified atom stereocenters. The van der Waals surface area contributed by atoms with Crippen LogP contribution >= 0.6 is 0 Å². The van der Waals surface area contributed by atoms with Crippen molar-refractivity contribution in [3.8, 4) is 0 Å². The minimum atomic E-state index is -0.220. The largest absolute Gasteiger partial charge is 0.374 e. The number of nitrogens with two attached hydrogens (primary N) is 1. The van der Waals surface area contributed by atoms with Crippen molar-refractivity contribution < 1.29 is 4.74 Å². The van der Waals surface area contributed by atoms with Crippen molar-refractivity contribution in [2.45, 2.75) is 25.9 Å². The normalized spacial score (nSPS) is 12.0. The van der Waals surface area contributed by atoms with E-state index in [2.05, 4.69) is 5.10 Å². The molecule has 0 saturated heterocycles. The van der Waals surface area contributed by atoms with Crippen LogP contribution in [0.4, 0.5) is 0 Å². The van der Waals surface area contributed by atoms with Crippen LogP contribution in [-0.4, -0.2) is 28.5 Å². The lowest BCUT2D eigenvalue weighted by Crippen LogP contribution is -2.34. The van der Waals surface area contributed by atoms with Crippen LogP contribution < -0.4 is 5.73 Å². The Morgan fingerprint density at radius 3 is 2.79 bits per heavy atom. The third-order valence-electron chi connectivity index (χ3n) is 2.13. The quantitative estimate of drug-likeness (QED) is 0.756. The Kier molecular flexibility index (Phi) is 3.66. The minimum Gasteiger partial charge on any atom is -0.374 e. The Morgan fingerprint density at radius 1 is 1.57 bits per heavy atom. The first kappa shape index (κ1) is 11.2. The van der Waals surface area contributed by atoms with Gasteiger partial charge < -0.3 is 10.5 Å². The molecule has 1 aromatic rings. The number of hydrogen-bond acceptors (Lipinski definition) is 3. The molecule has 0 aliphatic heterocycles. The molecule has 1 rings (SSSR count). The second-order valence-electron chi connectivity index (χ2n) is 4.08. The molecule has 80 valence electrons. The lowest BCUT2D eigenvalue weighted by Gasteiger charge is -2.22. The van der Waals surface area contributed by atoms with E-state index < -0.39 is 0 Å². The van der Waals surface area contributed by atoms with Gasteiger partial charge in [-0.05, 0) is 25.8 Å². The zero-order valence-corrected chi connectivity index (χ0v) is 9.16. The van der Waals surface area contributed by atoms with E-state index >= 15 is 0 Å². The molecule has 0 aromatic carbocycles. The summed E-state index contributed by atoms with van der Waals surface area (Å²) in [7, 11) is 1.91. The van der Waals surface area contributed by atoms with E-state index in [1.807, 2.05) is 33.3 Å². The molecule has 1 aromatic heterocycles. The summed E-state index contributed by atoms with van der Waals surface area (Å²) in [6.07, 6.45) is 4.74. The fourth-order valence-electron chi connectivity index (χ4n) is 1.11. The highest BCUT2D eigenvalue weighted by atomic mass is 16.5. The van der Waals surface area contributed by atoms with Gasteiger partial charge in [0, 0.05) is 19.8 Å². The number of rotatable bonds is 5. The molecule has 0 saturated carbocycles. The Balaban J connectivity index is 2.28. The van der Waals surface area contributed by atoms with Crippen LogP contribution in [0.25, 0.3) is 0 Å². The van der Waals surface area contributed by atoms with E-state index in [0.29, 0.717) is 13.2 Å². The van der Waals surface area contributed by atoms with E-state index in [4.69, 9.17) is 10.5 Å². The Bertz CT molecular complexity index is 281. The maximum atomic E-state index is 5.63. The van der Waals surface area contributed by atoms with Gasteiger partial charge in [0.2, 0.25) is 0 Å². The first-order valence-corrected chi connectivity index (χ1v) is 4.85. The van der Waals surface area contributed by atoms with E-state index in [-0.39, 0.29) is 5.60 Å². The topological polar surface area (TPSA) is 53.1 Å². The SMILES string of the molecule is Cn1cc(CCOC(C)(C)CN)cn1. The molecule has 0 amide bonds. The maximum absolute atomic E-state index is 5.63. The third kappa shape index (κ3) is 3.47. The zero-order valence-electron chi connectivity index (χ0n) is 9.16. The number of aromatic nitrogens is 2. The highest BCUT2D eigenvalue weighted by Crippen LogP contribution is 2.07. The van der Waals surface area contributed by atoms with E-state index in [1.54, 1.807) is 4.68 Å². The molecule has 0 aliphatic carbocycles. The van der Waals surface area contributed by atoms with Crippen molar-refractivity contribution in [1.29, 1.82) is 0 Å². The van der Waals surface area contributed by atoms with Crippen LogP contribution in [0.2, 0.25) is 0 Å². The molecule has 0 fully saturated rings. The Labute approximate surface area is 85.0 Å². The molecule has 0 aliphatic rings. The van der Waals surface area contributed by atoms with Gasteiger partial charge in [-0.15, -0.1) is 0 Å². The predicted molar refractivity (Wildman–Crippen MR) is 56.0 cm³/mol. The van der Waals surface area contributed by atoms with Gasteiger partial charge in [-0.1, -0.05) is 0 Å². The van der Waals surface area contributed by atoms with Crippen LogP contribution in [0.5, 0.6) is 0 Å². The van der Waals surface area contributed by atoms with E-state index in [1.165, 1.54) is 5.56 Å². The Morgan fingerprint density at radius 2 is 2.29 bits per heavy atom. The van der Waals surface area contributed by atoms with Gasteiger partial charge in [-0.3, -0.25) is 4.68 Å². The average molecular weight is 197 g/mol. The van der Waals surface area contributed by atoms with Crippen molar-refractivity contribution in [3.63, 3.8) is 0 Å². The summed E-state index contributed by atoms with van der Waals surface area (Å²) in [5.74, 6) is 0. The first-order chi connectivity index (χ1) is 6.53. The summed E-state index contributed by atoms with van der Waals surface area (Å²) in [6, 6.07) is 0. The fraction of sp³-hybridized carbons (Fsp3) is 0.700. The molecule has 2 N–H and O–H groups in total. The van der Waals surface area contributed by atoms with Gasteiger partial charge in [0.25, 0.3) is 0 Å². The summed E-state index contributed by atoms with van der Waals surface area (Å²) in [6.45, 7) is 5.22. The summed E-state index contributed by atoms with van der Waals surface area (Å²) in [5.41, 5.74) is 6.52. The highest BCUT2D eigenvalue weighted by Gasteiger charge is 2.15. The van der Waals surface area contributed by atoms with Crippen molar-refractivity contribution in [2.24, 2.45) is 12.8 Å². The molecule has 0 radical (unpaired) electrons. The first-order valence-electron chi connectivity index (χ1n) is 4.85. The molecule has 0 bridgehead atoms. The molecular weight excluding hydrogens is 178 g/mol. The third-order valence-corrected chi connectivity index (χ3v) is 2.13. The van der Waals surface area contributed by atoms with Crippen LogP contribution in [-0.2, 0) is 18.2 Å². The van der Waals surface area contributed by atoms with Crippen molar-refractivity contribution in [3.05, 3.63) is 18.0 Å². The summed E-state index contributed by atoms with van der Waals surface area (Å²) < 4.78 is 7.42. The van der Waals surface area contributed by atoms with Crippen molar-refractivity contribution in [1.82, 2.24) is 9.78 Å². The highest BCUT2D eigenvalue weighted by molar-refractivity contribution is 5.03. The molecule has 14 heavy (non-hydrogen) atoms. The van der Waals surface area contributed by atoms with Gasteiger partial charge in [-0.2, -0.15) is 5.10 Å². The summed E-state index contributed by atoms with van der Waals surface area (Å²) in [4.78, 5) is 0. The monoisotopic (exact) mass is 197 g/mol. The second-order valence-corrected chi connectivity index (χ2v) is 4.08. The van der Waals surface area contributed by atoms with Gasteiger partial charge in [-0.25, -0.2) is 0 Å². The van der Waals surface area contributed by atoms with Crippen LogP contribution in [0.3, 0.4) is 0 Å². The second kappa shape index (κ2) is 4.57. The lowest BCUT2D eigenvalue weighted by atomic mass is 10.1.